The SMILES string of the molecule is Cc1cc(C2(N=C=O)CCCC2)cc2c1OCO2. The molecule has 3 rings (SSSR count). The number of carbonyl (C=O) groups excluding carboxylic acids is 1. The first kappa shape index (κ1) is 11.3. The normalized spacial score (nSPS) is 19.6. The maximum Gasteiger partial charge on any atom is 0.235 e. The lowest BCUT2D eigenvalue weighted by atomic mass is 9.87. The van der Waals surface area contributed by atoms with Crippen LogP contribution in [0.15, 0.2) is 17.1 Å². The summed E-state index contributed by atoms with van der Waals surface area (Å²) in [4.78, 5) is 14.8. The standard InChI is InChI=1S/C14H15NO3/c1-10-6-11(7-12-13(10)18-9-17-12)14(15-8-16)4-2-3-5-14/h6-7H,2-5,9H2,1H3. The van der Waals surface area contributed by atoms with Crippen molar-refractivity contribution in [3.05, 3.63) is 23.3 Å². The van der Waals surface area contributed by atoms with Crippen molar-refractivity contribution in [2.45, 2.75) is 38.1 Å². The number of fused-ring (bicyclic) bond motifs is 1. The second kappa shape index (κ2) is 4.14. The zero-order valence-corrected chi connectivity index (χ0v) is 10.4. The predicted molar refractivity (Wildman–Crippen MR) is 65.6 cm³/mol. The molecule has 0 radical (unpaired) electrons. The third-order valence-corrected chi connectivity index (χ3v) is 3.89. The zero-order valence-electron chi connectivity index (χ0n) is 10.4. The number of rotatable bonds is 2. The predicted octanol–water partition coefficient (Wildman–Crippen LogP) is 2.83. The Hall–Kier alpha value is -1.80. The average Bonchev–Trinajstić information content (AvgIpc) is 2.98. The molecule has 1 aliphatic carbocycles. The second-order valence-electron chi connectivity index (χ2n) is 4.97. The summed E-state index contributed by atoms with van der Waals surface area (Å²) in [5, 5.41) is 0. The number of hydrogen-bond donors (Lipinski definition) is 0. The fourth-order valence-electron chi connectivity index (χ4n) is 2.97. The van der Waals surface area contributed by atoms with E-state index in [9.17, 15) is 4.79 Å². The summed E-state index contributed by atoms with van der Waals surface area (Å²) >= 11 is 0. The van der Waals surface area contributed by atoms with Gasteiger partial charge in [0, 0.05) is 0 Å². The number of hydrogen-bond acceptors (Lipinski definition) is 4. The Balaban J connectivity index is 2.11. The molecule has 1 heterocycles. The van der Waals surface area contributed by atoms with Crippen molar-refractivity contribution in [2.75, 3.05) is 6.79 Å². The maximum absolute atomic E-state index is 10.7. The highest BCUT2D eigenvalue weighted by Gasteiger charge is 2.37. The van der Waals surface area contributed by atoms with Gasteiger partial charge in [0.2, 0.25) is 12.9 Å². The minimum Gasteiger partial charge on any atom is -0.454 e. The van der Waals surface area contributed by atoms with Gasteiger partial charge in [-0.15, -0.1) is 0 Å². The number of aliphatic imine (C=N–C) groups is 1. The Kier molecular flexibility index (Phi) is 2.60. The highest BCUT2D eigenvalue weighted by molar-refractivity contribution is 5.52. The van der Waals surface area contributed by atoms with Crippen LogP contribution >= 0.6 is 0 Å². The molecule has 1 saturated carbocycles. The first-order valence-electron chi connectivity index (χ1n) is 6.25. The van der Waals surface area contributed by atoms with Crippen LogP contribution in [-0.2, 0) is 10.3 Å². The van der Waals surface area contributed by atoms with Gasteiger partial charge in [-0.1, -0.05) is 12.8 Å². The van der Waals surface area contributed by atoms with E-state index in [0.717, 1.165) is 48.3 Å². The summed E-state index contributed by atoms with van der Waals surface area (Å²) < 4.78 is 10.8. The first-order chi connectivity index (χ1) is 8.75. The quantitative estimate of drug-likeness (QED) is 0.594. The molecule has 0 atom stereocenters. The molecule has 0 bridgehead atoms. The Morgan fingerprint density at radius 3 is 2.78 bits per heavy atom. The molecule has 1 aromatic rings. The molecule has 1 fully saturated rings. The molecule has 0 amide bonds. The van der Waals surface area contributed by atoms with E-state index in [1.807, 2.05) is 13.0 Å². The fraction of sp³-hybridized carbons (Fsp3) is 0.500. The molecule has 0 spiro atoms. The molecule has 1 aromatic carbocycles. The Morgan fingerprint density at radius 1 is 1.28 bits per heavy atom. The lowest BCUT2D eigenvalue weighted by Gasteiger charge is -2.23. The molecule has 0 saturated heterocycles. The van der Waals surface area contributed by atoms with Crippen LogP contribution in [0.25, 0.3) is 0 Å². The van der Waals surface area contributed by atoms with E-state index < -0.39 is 5.54 Å². The van der Waals surface area contributed by atoms with Crippen LogP contribution in [0.5, 0.6) is 11.5 Å². The lowest BCUT2D eigenvalue weighted by molar-refractivity contribution is 0.173. The van der Waals surface area contributed by atoms with Crippen molar-refractivity contribution >= 4 is 6.08 Å². The topological polar surface area (TPSA) is 47.9 Å². The van der Waals surface area contributed by atoms with E-state index >= 15 is 0 Å². The third-order valence-electron chi connectivity index (χ3n) is 3.89. The average molecular weight is 245 g/mol. The van der Waals surface area contributed by atoms with E-state index in [1.54, 1.807) is 6.08 Å². The van der Waals surface area contributed by atoms with Crippen molar-refractivity contribution in [1.82, 2.24) is 0 Å². The van der Waals surface area contributed by atoms with Gasteiger partial charge in [0.25, 0.3) is 0 Å². The van der Waals surface area contributed by atoms with Crippen LogP contribution in [0.1, 0.15) is 36.8 Å². The number of aryl methyl sites for hydroxylation is 1. The number of isocyanates is 1. The van der Waals surface area contributed by atoms with Gasteiger partial charge in [0.05, 0.1) is 5.54 Å². The van der Waals surface area contributed by atoms with Crippen molar-refractivity contribution in [3.63, 3.8) is 0 Å². The van der Waals surface area contributed by atoms with Gasteiger partial charge >= 0.3 is 0 Å². The minimum atomic E-state index is -0.395. The smallest absolute Gasteiger partial charge is 0.235 e. The summed E-state index contributed by atoms with van der Waals surface area (Å²) in [6.07, 6.45) is 5.74. The first-order valence-corrected chi connectivity index (χ1v) is 6.25. The van der Waals surface area contributed by atoms with Crippen LogP contribution in [0.2, 0.25) is 0 Å². The summed E-state index contributed by atoms with van der Waals surface area (Å²) in [7, 11) is 0. The maximum atomic E-state index is 10.7. The Labute approximate surface area is 106 Å². The van der Waals surface area contributed by atoms with Crippen molar-refractivity contribution in [3.8, 4) is 11.5 Å². The van der Waals surface area contributed by atoms with Crippen molar-refractivity contribution < 1.29 is 14.3 Å². The van der Waals surface area contributed by atoms with E-state index in [-0.39, 0.29) is 6.79 Å². The van der Waals surface area contributed by atoms with Gasteiger partial charge in [-0.05, 0) is 43.0 Å². The molecule has 94 valence electrons. The molecular formula is C14H15NO3. The van der Waals surface area contributed by atoms with Gasteiger partial charge in [0.1, 0.15) is 0 Å². The summed E-state index contributed by atoms with van der Waals surface area (Å²) in [5.41, 5.74) is 1.69. The van der Waals surface area contributed by atoms with Crippen molar-refractivity contribution in [1.29, 1.82) is 0 Å². The molecule has 4 heteroatoms. The third kappa shape index (κ3) is 1.61. The molecular weight excluding hydrogens is 230 g/mol. The molecule has 18 heavy (non-hydrogen) atoms. The van der Waals surface area contributed by atoms with Crippen LogP contribution in [0.4, 0.5) is 0 Å². The molecule has 4 nitrogen and oxygen atoms in total. The minimum absolute atomic E-state index is 0.267. The lowest BCUT2D eigenvalue weighted by Crippen LogP contribution is -2.19. The highest BCUT2D eigenvalue weighted by atomic mass is 16.7. The van der Waals surface area contributed by atoms with Gasteiger partial charge in [0.15, 0.2) is 11.5 Å². The van der Waals surface area contributed by atoms with Crippen LogP contribution < -0.4 is 9.47 Å². The summed E-state index contributed by atoms with van der Waals surface area (Å²) in [6, 6.07) is 4.02. The molecule has 0 N–H and O–H groups in total. The monoisotopic (exact) mass is 245 g/mol. The zero-order chi connectivity index (χ0) is 12.6. The molecule has 0 aromatic heterocycles. The Morgan fingerprint density at radius 2 is 2.06 bits per heavy atom. The van der Waals surface area contributed by atoms with Crippen LogP contribution in [-0.4, -0.2) is 12.9 Å². The van der Waals surface area contributed by atoms with E-state index in [2.05, 4.69) is 11.1 Å². The van der Waals surface area contributed by atoms with Crippen LogP contribution in [0, 0.1) is 6.92 Å². The number of nitrogens with zero attached hydrogens (tertiary/aromatic N) is 1. The second-order valence-corrected chi connectivity index (χ2v) is 4.97. The van der Waals surface area contributed by atoms with Gasteiger partial charge in [-0.25, -0.2) is 4.79 Å². The highest BCUT2D eigenvalue weighted by Crippen LogP contribution is 2.46. The molecule has 1 aliphatic heterocycles. The molecule has 2 aliphatic rings. The van der Waals surface area contributed by atoms with Crippen molar-refractivity contribution in [2.24, 2.45) is 4.99 Å². The van der Waals surface area contributed by atoms with Gasteiger partial charge in [-0.3, -0.25) is 0 Å². The fourth-order valence-corrected chi connectivity index (χ4v) is 2.97. The van der Waals surface area contributed by atoms with E-state index in [1.165, 1.54) is 0 Å². The van der Waals surface area contributed by atoms with Gasteiger partial charge in [-0.2, -0.15) is 4.99 Å². The van der Waals surface area contributed by atoms with E-state index in [4.69, 9.17) is 9.47 Å². The number of ether oxygens (including phenoxy) is 2. The van der Waals surface area contributed by atoms with Gasteiger partial charge < -0.3 is 9.47 Å². The molecule has 0 unspecified atom stereocenters. The largest absolute Gasteiger partial charge is 0.454 e. The van der Waals surface area contributed by atoms with Crippen LogP contribution in [0.3, 0.4) is 0 Å². The summed E-state index contributed by atoms with van der Waals surface area (Å²) in [6.45, 7) is 2.26. The summed E-state index contributed by atoms with van der Waals surface area (Å²) in [5.74, 6) is 1.57. The van der Waals surface area contributed by atoms with E-state index in [0.29, 0.717) is 0 Å². The Bertz CT molecular complexity index is 526. The number of benzene rings is 1.